The summed E-state index contributed by atoms with van der Waals surface area (Å²) >= 11 is 0. The molecule has 0 saturated carbocycles. The predicted molar refractivity (Wildman–Crippen MR) is 109 cm³/mol. The summed E-state index contributed by atoms with van der Waals surface area (Å²) < 4.78 is 78.6. The molecule has 0 spiro atoms. The van der Waals surface area contributed by atoms with Crippen LogP contribution in [0, 0.1) is 6.92 Å². The van der Waals surface area contributed by atoms with E-state index in [9.17, 15) is 26.7 Å². The van der Waals surface area contributed by atoms with Crippen LogP contribution >= 0.6 is 0 Å². The molecule has 0 aliphatic heterocycles. The van der Waals surface area contributed by atoms with Crippen molar-refractivity contribution in [3.63, 3.8) is 0 Å². The number of carbonyl (C=O) groups is 1. The number of aromatic nitrogens is 3. The molecule has 3 aromatic heterocycles. The minimum Gasteiger partial charge on any atom is -0.461 e. The number of alkyl halides is 5. The zero-order valence-corrected chi connectivity index (χ0v) is 17.8. The molecule has 0 unspecified atom stereocenters. The number of furan rings is 1. The van der Waals surface area contributed by atoms with Crippen molar-refractivity contribution in [3.05, 3.63) is 76.9 Å². The average Bonchev–Trinajstić information content (AvgIpc) is 3.48. The van der Waals surface area contributed by atoms with Gasteiger partial charge in [-0.15, -0.1) is 0 Å². The van der Waals surface area contributed by atoms with Crippen LogP contribution in [0.4, 0.5) is 27.6 Å². The number of halogens is 5. The van der Waals surface area contributed by atoms with E-state index in [4.69, 9.17) is 8.94 Å². The molecular formula is C22H17F5N4O3. The molecule has 0 saturated heterocycles. The zero-order valence-electron chi connectivity index (χ0n) is 17.8. The van der Waals surface area contributed by atoms with Gasteiger partial charge in [0, 0.05) is 24.8 Å². The fourth-order valence-electron chi connectivity index (χ4n) is 3.30. The third-order valence-electron chi connectivity index (χ3n) is 4.94. The van der Waals surface area contributed by atoms with Crippen LogP contribution in [0.5, 0.6) is 0 Å². The van der Waals surface area contributed by atoms with E-state index in [1.807, 2.05) is 0 Å². The second-order valence-corrected chi connectivity index (χ2v) is 7.59. The molecule has 12 heteroatoms. The quantitative estimate of drug-likeness (QED) is 0.349. The molecule has 34 heavy (non-hydrogen) atoms. The average molecular weight is 480 g/mol. The summed E-state index contributed by atoms with van der Waals surface area (Å²) in [5.74, 6) is -3.48. The van der Waals surface area contributed by atoms with Crippen molar-refractivity contribution < 1.29 is 35.7 Å². The van der Waals surface area contributed by atoms with Gasteiger partial charge in [-0.1, -0.05) is 11.2 Å². The maximum absolute atomic E-state index is 14.1. The van der Waals surface area contributed by atoms with Crippen LogP contribution in [-0.2, 0) is 18.6 Å². The van der Waals surface area contributed by atoms with Crippen LogP contribution in [0.1, 0.15) is 39.8 Å². The van der Waals surface area contributed by atoms with Crippen LogP contribution in [0.15, 0.2) is 57.8 Å². The van der Waals surface area contributed by atoms with E-state index < -0.39 is 29.1 Å². The van der Waals surface area contributed by atoms with E-state index in [2.05, 4.69) is 15.6 Å². The van der Waals surface area contributed by atoms with Crippen molar-refractivity contribution in [2.45, 2.75) is 32.5 Å². The van der Waals surface area contributed by atoms with Gasteiger partial charge in [0.05, 0.1) is 29.8 Å². The lowest BCUT2D eigenvalue weighted by atomic mass is 9.99. The Bertz CT molecular complexity index is 1320. The first-order valence-corrected chi connectivity index (χ1v) is 9.86. The number of carbonyl (C=O) groups excluding carboxylic acids is 1. The molecule has 0 fully saturated rings. The molecule has 7 nitrogen and oxygen atoms in total. The summed E-state index contributed by atoms with van der Waals surface area (Å²) in [6, 6.07) is 6.83. The Hall–Kier alpha value is -3.96. The highest BCUT2D eigenvalue weighted by Gasteiger charge is 2.35. The summed E-state index contributed by atoms with van der Waals surface area (Å²) in [5, 5.41) is 10.5. The fourth-order valence-corrected chi connectivity index (χ4v) is 3.30. The van der Waals surface area contributed by atoms with Crippen LogP contribution < -0.4 is 5.32 Å². The Balaban J connectivity index is 1.54. The molecule has 4 aromatic rings. The van der Waals surface area contributed by atoms with Gasteiger partial charge >= 0.3 is 6.18 Å². The molecule has 1 aromatic carbocycles. The van der Waals surface area contributed by atoms with Crippen molar-refractivity contribution in [3.8, 4) is 11.5 Å². The monoisotopic (exact) mass is 480 g/mol. The number of anilines is 1. The minimum atomic E-state index is -4.75. The fraction of sp³-hybridized carbons (Fsp3) is 0.227. The highest BCUT2D eigenvalue weighted by Crippen LogP contribution is 2.36. The van der Waals surface area contributed by atoms with Gasteiger partial charge in [0.15, 0.2) is 11.5 Å². The summed E-state index contributed by atoms with van der Waals surface area (Å²) in [7, 11) is 0. The summed E-state index contributed by atoms with van der Waals surface area (Å²) in [6.07, 6.45) is -1.93. The lowest BCUT2D eigenvalue weighted by Crippen LogP contribution is -2.16. The van der Waals surface area contributed by atoms with Gasteiger partial charge in [-0.05, 0) is 36.8 Å². The van der Waals surface area contributed by atoms with Crippen molar-refractivity contribution in [2.75, 3.05) is 5.32 Å². The molecule has 0 radical (unpaired) electrons. The van der Waals surface area contributed by atoms with Crippen LogP contribution in [0.3, 0.4) is 0 Å². The number of hydrogen-bond donors (Lipinski definition) is 1. The molecule has 0 atom stereocenters. The first-order valence-electron chi connectivity index (χ1n) is 9.86. The molecular weight excluding hydrogens is 463 g/mol. The summed E-state index contributed by atoms with van der Waals surface area (Å²) in [4.78, 5) is 12.5. The Kier molecular flexibility index (Phi) is 5.75. The molecule has 0 aliphatic rings. The van der Waals surface area contributed by atoms with E-state index in [1.54, 1.807) is 19.1 Å². The van der Waals surface area contributed by atoms with Gasteiger partial charge in [-0.25, -0.2) is 8.78 Å². The van der Waals surface area contributed by atoms with Crippen molar-refractivity contribution in [1.82, 2.24) is 14.9 Å². The smallest absolute Gasteiger partial charge is 0.416 e. The van der Waals surface area contributed by atoms with Crippen LogP contribution in [0.25, 0.3) is 11.5 Å². The van der Waals surface area contributed by atoms with Crippen molar-refractivity contribution in [1.29, 1.82) is 0 Å². The number of benzene rings is 1. The summed E-state index contributed by atoms with van der Waals surface area (Å²) in [5.41, 5.74) is -1.37. The van der Waals surface area contributed by atoms with Crippen LogP contribution in [-0.4, -0.2) is 20.8 Å². The second-order valence-electron chi connectivity index (χ2n) is 7.59. The lowest BCUT2D eigenvalue weighted by molar-refractivity contribution is -0.137. The number of nitrogens with zero attached hydrogens (tertiary/aromatic N) is 3. The molecule has 178 valence electrons. The highest BCUT2D eigenvalue weighted by molar-refractivity contribution is 6.03. The molecule has 0 aliphatic carbocycles. The third kappa shape index (κ3) is 4.85. The van der Waals surface area contributed by atoms with Crippen molar-refractivity contribution in [2.24, 2.45) is 0 Å². The molecule has 3 heterocycles. The number of rotatable bonds is 6. The Morgan fingerprint density at radius 2 is 1.88 bits per heavy atom. The number of amides is 1. The van der Waals surface area contributed by atoms with Crippen molar-refractivity contribution >= 4 is 11.6 Å². The van der Waals surface area contributed by atoms with Crippen LogP contribution in [0.2, 0.25) is 0 Å². The summed E-state index contributed by atoms with van der Waals surface area (Å²) in [6.45, 7) is 1.87. The number of hydrogen-bond acceptors (Lipinski definition) is 5. The first kappa shape index (κ1) is 23.2. The van der Waals surface area contributed by atoms with Gasteiger partial charge < -0.3 is 14.3 Å². The lowest BCUT2D eigenvalue weighted by Gasteiger charge is -2.18. The van der Waals surface area contributed by atoms with E-state index >= 15 is 0 Å². The molecule has 4 rings (SSSR count). The maximum atomic E-state index is 14.1. The molecule has 1 amide bonds. The predicted octanol–water partition coefficient (Wildman–Crippen LogP) is 5.87. The van der Waals surface area contributed by atoms with Gasteiger partial charge in [-0.3, -0.25) is 9.48 Å². The maximum Gasteiger partial charge on any atom is 0.416 e. The van der Waals surface area contributed by atoms with E-state index in [-0.39, 0.29) is 29.2 Å². The Labute approximate surface area is 189 Å². The largest absolute Gasteiger partial charge is 0.461 e. The van der Waals surface area contributed by atoms with E-state index in [0.29, 0.717) is 24.4 Å². The standard InChI is InChI=1S/C22H17F5N4O3/c1-12-17(28-20(32)16-9-19(34-30-16)18-4-3-7-33-18)11-31(29-12)10-13-5-6-14(22(25,26)27)8-15(13)21(2,23)24/h3-9,11H,10H2,1-2H3,(H,28,32). The zero-order chi connectivity index (χ0) is 24.7. The number of aryl methyl sites for hydroxylation is 1. The first-order chi connectivity index (χ1) is 15.9. The SMILES string of the molecule is Cc1nn(Cc2ccc(C(F)(F)F)cc2C(C)(F)F)cc1NC(=O)c1cc(-c2ccco2)on1. The molecule has 1 N–H and O–H groups in total. The van der Waals surface area contributed by atoms with Gasteiger partial charge in [0.1, 0.15) is 0 Å². The van der Waals surface area contributed by atoms with Gasteiger partial charge in [-0.2, -0.15) is 18.3 Å². The highest BCUT2D eigenvalue weighted by atomic mass is 19.4. The Morgan fingerprint density at radius 3 is 2.53 bits per heavy atom. The van der Waals surface area contributed by atoms with Gasteiger partial charge in [0.25, 0.3) is 11.8 Å². The Morgan fingerprint density at radius 1 is 1.12 bits per heavy atom. The van der Waals surface area contributed by atoms with E-state index in [0.717, 1.165) is 12.1 Å². The third-order valence-corrected chi connectivity index (χ3v) is 4.94. The second kappa shape index (κ2) is 8.43. The molecule has 0 bridgehead atoms. The van der Waals surface area contributed by atoms with E-state index in [1.165, 1.54) is 23.2 Å². The number of nitrogens with one attached hydrogen (secondary N) is 1. The van der Waals surface area contributed by atoms with Gasteiger partial charge in [0.2, 0.25) is 5.76 Å². The minimum absolute atomic E-state index is 0.0331. The topological polar surface area (TPSA) is 86.1 Å². The normalized spacial score (nSPS) is 12.2.